The number of benzene rings is 1. The van der Waals surface area contributed by atoms with Gasteiger partial charge in [0.1, 0.15) is 0 Å². The molecule has 5 heteroatoms. The minimum atomic E-state index is -1.05. The van der Waals surface area contributed by atoms with Gasteiger partial charge in [0.15, 0.2) is 11.5 Å². The van der Waals surface area contributed by atoms with E-state index in [2.05, 4.69) is 0 Å². The number of phenols is 1. The molecule has 0 radical (unpaired) electrons. The highest BCUT2D eigenvalue weighted by molar-refractivity contribution is 6.32. The predicted octanol–water partition coefficient (Wildman–Crippen LogP) is 2.54. The molecular weight excluding hydrogens is 232 g/mol. The Balaban J connectivity index is 3.08. The second-order valence-electron chi connectivity index (χ2n) is 2.95. The summed E-state index contributed by atoms with van der Waals surface area (Å²) in [6.45, 7) is 2.16. The van der Waals surface area contributed by atoms with Gasteiger partial charge in [-0.2, -0.15) is 0 Å². The molecule has 0 spiro atoms. The summed E-state index contributed by atoms with van der Waals surface area (Å²) in [6, 6.07) is 2.98. The maximum Gasteiger partial charge on any atom is 0.328 e. The standard InChI is InChI=1S/C11H11ClO4/c1-2-16-9-6-7(3-4-10(13)14)5-8(12)11(9)15/h3-6,15H,2H2,1H3,(H,13,14). The van der Waals surface area contributed by atoms with Crippen molar-refractivity contribution < 1.29 is 19.7 Å². The maximum atomic E-state index is 10.3. The molecule has 0 unspecified atom stereocenters. The summed E-state index contributed by atoms with van der Waals surface area (Å²) in [6.07, 6.45) is 2.36. The Morgan fingerprint density at radius 1 is 1.56 bits per heavy atom. The van der Waals surface area contributed by atoms with Gasteiger partial charge in [-0.3, -0.25) is 0 Å². The summed E-state index contributed by atoms with van der Waals surface area (Å²) in [5, 5.41) is 18.1. The van der Waals surface area contributed by atoms with Gasteiger partial charge in [0, 0.05) is 6.08 Å². The highest BCUT2D eigenvalue weighted by atomic mass is 35.5. The molecule has 0 aliphatic heterocycles. The van der Waals surface area contributed by atoms with Crippen molar-refractivity contribution in [3.63, 3.8) is 0 Å². The first-order valence-corrected chi connectivity index (χ1v) is 4.98. The Hall–Kier alpha value is -1.68. The molecule has 0 fully saturated rings. The number of carboxylic acid groups (broad SMARTS) is 1. The minimum Gasteiger partial charge on any atom is -0.503 e. The van der Waals surface area contributed by atoms with E-state index >= 15 is 0 Å². The average Bonchev–Trinajstić information content (AvgIpc) is 2.22. The van der Waals surface area contributed by atoms with E-state index in [-0.39, 0.29) is 16.5 Å². The van der Waals surface area contributed by atoms with E-state index in [1.165, 1.54) is 18.2 Å². The van der Waals surface area contributed by atoms with Gasteiger partial charge < -0.3 is 14.9 Å². The first-order chi connectivity index (χ1) is 7.54. The zero-order chi connectivity index (χ0) is 12.1. The molecule has 1 rings (SSSR count). The minimum absolute atomic E-state index is 0.121. The van der Waals surface area contributed by atoms with Crippen LogP contribution in [0.2, 0.25) is 5.02 Å². The van der Waals surface area contributed by atoms with Gasteiger partial charge >= 0.3 is 5.97 Å². The van der Waals surface area contributed by atoms with E-state index < -0.39 is 5.97 Å². The first kappa shape index (κ1) is 12.4. The summed E-state index contributed by atoms with van der Waals surface area (Å²) in [4.78, 5) is 10.3. The number of halogens is 1. The van der Waals surface area contributed by atoms with Crippen molar-refractivity contribution in [2.24, 2.45) is 0 Å². The van der Waals surface area contributed by atoms with Crippen LogP contribution >= 0.6 is 11.6 Å². The van der Waals surface area contributed by atoms with Crippen LogP contribution < -0.4 is 4.74 Å². The number of ether oxygens (including phenoxy) is 1. The van der Waals surface area contributed by atoms with Crippen molar-refractivity contribution in [1.29, 1.82) is 0 Å². The van der Waals surface area contributed by atoms with Crippen molar-refractivity contribution in [3.05, 3.63) is 28.8 Å². The van der Waals surface area contributed by atoms with Crippen LogP contribution in [0.1, 0.15) is 12.5 Å². The lowest BCUT2D eigenvalue weighted by molar-refractivity contribution is -0.131. The molecule has 2 N–H and O–H groups in total. The Kier molecular flexibility index (Phi) is 4.19. The number of phenolic OH excluding ortho intramolecular Hbond substituents is 1. The molecule has 1 aromatic rings. The SMILES string of the molecule is CCOc1cc(C=CC(=O)O)cc(Cl)c1O. The average molecular weight is 243 g/mol. The molecule has 86 valence electrons. The summed E-state index contributed by atoms with van der Waals surface area (Å²) in [7, 11) is 0. The zero-order valence-electron chi connectivity index (χ0n) is 8.61. The smallest absolute Gasteiger partial charge is 0.328 e. The molecule has 0 aliphatic carbocycles. The molecule has 0 aliphatic rings. The van der Waals surface area contributed by atoms with Gasteiger partial charge in [-0.1, -0.05) is 11.6 Å². The van der Waals surface area contributed by atoms with E-state index in [1.54, 1.807) is 6.92 Å². The van der Waals surface area contributed by atoms with E-state index in [9.17, 15) is 9.90 Å². The summed E-state index contributed by atoms with van der Waals surface area (Å²) < 4.78 is 5.15. The van der Waals surface area contributed by atoms with Crippen LogP contribution in [0.3, 0.4) is 0 Å². The third kappa shape index (κ3) is 3.17. The van der Waals surface area contributed by atoms with Crippen LogP contribution in [0.4, 0.5) is 0 Å². The molecular formula is C11H11ClO4. The molecule has 0 atom stereocenters. The molecule has 0 heterocycles. The van der Waals surface area contributed by atoms with Crippen LogP contribution in [-0.2, 0) is 4.79 Å². The Labute approximate surface area is 97.7 Å². The lowest BCUT2D eigenvalue weighted by Crippen LogP contribution is -1.93. The molecule has 0 aromatic heterocycles. The lowest BCUT2D eigenvalue weighted by Gasteiger charge is -2.08. The number of hydrogen-bond donors (Lipinski definition) is 2. The highest BCUT2D eigenvalue weighted by Gasteiger charge is 2.08. The number of carboxylic acids is 1. The van der Waals surface area contributed by atoms with Crippen LogP contribution in [0, 0.1) is 0 Å². The quantitative estimate of drug-likeness (QED) is 0.797. The molecule has 4 nitrogen and oxygen atoms in total. The van der Waals surface area contributed by atoms with Crippen LogP contribution in [-0.4, -0.2) is 22.8 Å². The zero-order valence-corrected chi connectivity index (χ0v) is 9.36. The summed E-state index contributed by atoms with van der Waals surface area (Å²) >= 11 is 5.76. The number of aliphatic carboxylic acids is 1. The van der Waals surface area contributed by atoms with Crippen molar-refractivity contribution in [2.75, 3.05) is 6.61 Å². The Morgan fingerprint density at radius 2 is 2.25 bits per heavy atom. The fraction of sp³-hybridized carbons (Fsp3) is 0.182. The van der Waals surface area contributed by atoms with Gasteiger partial charge in [-0.25, -0.2) is 4.79 Å². The van der Waals surface area contributed by atoms with Crippen molar-refractivity contribution in [1.82, 2.24) is 0 Å². The molecule has 0 saturated carbocycles. The Morgan fingerprint density at radius 3 is 2.81 bits per heavy atom. The number of carbonyl (C=O) groups is 1. The number of hydrogen-bond acceptors (Lipinski definition) is 3. The second-order valence-corrected chi connectivity index (χ2v) is 3.36. The van der Waals surface area contributed by atoms with Gasteiger partial charge in [-0.15, -0.1) is 0 Å². The molecule has 0 saturated heterocycles. The second kappa shape index (κ2) is 5.42. The number of rotatable bonds is 4. The van der Waals surface area contributed by atoms with Gasteiger partial charge in [0.05, 0.1) is 11.6 Å². The van der Waals surface area contributed by atoms with E-state index in [0.717, 1.165) is 6.08 Å². The largest absolute Gasteiger partial charge is 0.503 e. The van der Waals surface area contributed by atoms with Crippen molar-refractivity contribution in [2.45, 2.75) is 6.92 Å². The lowest BCUT2D eigenvalue weighted by atomic mass is 10.2. The fourth-order valence-electron chi connectivity index (χ4n) is 1.12. The van der Waals surface area contributed by atoms with Crippen molar-refractivity contribution >= 4 is 23.6 Å². The third-order valence-electron chi connectivity index (χ3n) is 1.77. The molecule has 1 aromatic carbocycles. The third-order valence-corrected chi connectivity index (χ3v) is 2.06. The predicted molar refractivity (Wildman–Crippen MR) is 61.0 cm³/mol. The van der Waals surface area contributed by atoms with Crippen LogP contribution in [0.15, 0.2) is 18.2 Å². The topological polar surface area (TPSA) is 66.8 Å². The maximum absolute atomic E-state index is 10.3. The summed E-state index contributed by atoms with van der Waals surface area (Å²) in [5.74, 6) is -0.960. The van der Waals surface area contributed by atoms with Crippen LogP contribution in [0.5, 0.6) is 11.5 Å². The van der Waals surface area contributed by atoms with Crippen LogP contribution in [0.25, 0.3) is 6.08 Å². The number of aromatic hydroxyl groups is 1. The molecule has 0 bridgehead atoms. The molecule has 16 heavy (non-hydrogen) atoms. The van der Waals surface area contributed by atoms with E-state index in [0.29, 0.717) is 12.2 Å². The van der Waals surface area contributed by atoms with Gasteiger partial charge in [0.25, 0.3) is 0 Å². The van der Waals surface area contributed by atoms with Crippen molar-refractivity contribution in [3.8, 4) is 11.5 Å². The van der Waals surface area contributed by atoms with Gasteiger partial charge in [-0.05, 0) is 30.7 Å². The van der Waals surface area contributed by atoms with E-state index in [4.69, 9.17) is 21.4 Å². The summed E-state index contributed by atoms with van der Waals surface area (Å²) in [5.41, 5.74) is 0.550. The van der Waals surface area contributed by atoms with E-state index in [1.807, 2.05) is 0 Å². The monoisotopic (exact) mass is 242 g/mol. The highest BCUT2D eigenvalue weighted by Crippen LogP contribution is 2.35. The van der Waals surface area contributed by atoms with Gasteiger partial charge in [0.2, 0.25) is 0 Å². The normalized spacial score (nSPS) is 10.6. The first-order valence-electron chi connectivity index (χ1n) is 4.61. The fourth-order valence-corrected chi connectivity index (χ4v) is 1.34. The Bertz CT molecular complexity index is 426. The molecule has 0 amide bonds.